The van der Waals surface area contributed by atoms with E-state index in [4.69, 9.17) is 4.74 Å². The van der Waals surface area contributed by atoms with E-state index < -0.39 is 0 Å². The van der Waals surface area contributed by atoms with Crippen LogP contribution in [0.25, 0.3) is 32.7 Å². The third-order valence-corrected chi connectivity index (χ3v) is 6.64. The van der Waals surface area contributed by atoms with E-state index in [1.54, 1.807) is 7.11 Å². The summed E-state index contributed by atoms with van der Waals surface area (Å²) in [4.78, 5) is 13.4. The van der Waals surface area contributed by atoms with Gasteiger partial charge in [-0.15, -0.1) is 6.58 Å². The van der Waals surface area contributed by atoms with Crippen molar-refractivity contribution in [3.8, 4) is 16.9 Å². The van der Waals surface area contributed by atoms with E-state index in [0.29, 0.717) is 0 Å². The lowest BCUT2D eigenvalue weighted by Crippen LogP contribution is -2.27. The van der Waals surface area contributed by atoms with Crippen LogP contribution in [0.4, 0.5) is 5.69 Å². The summed E-state index contributed by atoms with van der Waals surface area (Å²) in [5.41, 5.74) is 3.85. The van der Waals surface area contributed by atoms with Crippen LogP contribution in [0.3, 0.4) is 0 Å². The van der Waals surface area contributed by atoms with Crippen LogP contribution in [0.5, 0.6) is 5.75 Å². The maximum absolute atomic E-state index is 13.4. The number of amides is 1. The summed E-state index contributed by atoms with van der Waals surface area (Å²) in [6.45, 7) is 10.1. The fourth-order valence-corrected chi connectivity index (χ4v) is 4.76. The van der Waals surface area contributed by atoms with Gasteiger partial charge in [-0.1, -0.05) is 74.5 Å². The average molecular weight is 438 g/mol. The van der Waals surface area contributed by atoms with Gasteiger partial charge in [0.05, 0.1) is 12.8 Å². The molecule has 0 aromatic heterocycles. The standard InChI is InChI=1S/C30H31NO2/c1-6-19(3)23(7-2)30(32)31-29-20(4)18-22-13-9-11-15-25(22)28(29)27-24-14-10-8-12-21(24)16-17-26(27)33-5/h6,8-19,23H,1,7H2,2-5H3,(H,31,32)/t19-,23-/m0/s1. The number of fused-ring (bicyclic) bond motifs is 2. The Labute approximate surface area is 196 Å². The Bertz CT molecular complexity index is 1340. The summed E-state index contributed by atoms with van der Waals surface area (Å²) in [5, 5.41) is 7.74. The topological polar surface area (TPSA) is 38.3 Å². The van der Waals surface area contributed by atoms with Crippen LogP contribution in [0.2, 0.25) is 0 Å². The van der Waals surface area contributed by atoms with Gasteiger partial charge in [0.2, 0.25) is 5.91 Å². The first kappa shape index (κ1) is 22.6. The zero-order valence-electron chi connectivity index (χ0n) is 19.8. The van der Waals surface area contributed by atoms with E-state index in [2.05, 4.69) is 55.2 Å². The summed E-state index contributed by atoms with van der Waals surface area (Å²) < 4.78 is 5.85. The minimum absolute atomic E-state index is 0.0173. The summed E-state index contributed by atoms with van der Waals surface area (Å²) in [6, 6.07) is 22.8. The maximum Gasteiger partial charge on any atom is 0.228 e. The van der Waals surface area contributed by atoms with Crippen LogP contribution in [0.1, 0.15) is 25.8 Å². The van der Waals surface area contributed by atoms with Crippen molar-refractivity contribution in [2.75, 3.05) is 12.4 Å². The molecule has 0 aliphatic rings. The number of methoxy groups -OCH3 is 1. The number of anilines is 1. The SMILES string of the molecule is C=C[C@H](C)[C@H](CC)C(=O)Nc1c(C)cc2ccccc2c1-c1c(OC)ccc2ccccc12. The maximum atomic E-state index is 13.4. The Kier molecular flexibility index (Phi) is 6.50. The van der Waals surface area contributed by atoms with Gasteiger partial charge in [0.25, 0.3) is 0 Å². The number of carbonyl (C=O) groups excluding carboxylic acids is 1. The first-order valence-corrected chi connectivity index (χ1v) is 11.5. The number of nitrogens with one attached hydrogen (secondary N) is 1. The van der Waals surface area contributed by atoms with E-state index in [-0.39, 0.29) is 17.7 Å². The second-order valence-corrected chi connectivity index (χ2v) is 8.63. The van der Waals surface area contributed by atoms with E-state index in [9.17, 15) is 4.79 Å². The molecule has 0 unspecified atom stereocenters. The molecule has 4 rings (SSSR count). The van der Waals surface area contributed by atoms with Crippen molar-refractivity contribution >= 4 is 33.1 Å². The second kappa shape index (κ2) is 9.50. The molecule has 3 heteroatoms. The number of benzene rings is 4. The third-order valence-electron chi connectivity index (χ3n) is 6.64. The highest BCUT2D eigenvalue weighted by Gasteiger charge is 2.25. The van der Waals surface area contributed by atoms with Crippen LogP contribution >= 0.6 is 0 Å². The largest absolute Gasteiger partial charge is 0.496 e. The summed E-state index contributed by atoms with van der Waals surface area (Å²) in [7, 11) is 1.70. The predicted molar refractivity (Wildman–Crippen MR) is 140 cm³/mol. The minimum atomic E-state index is -0.143. The number of aryl methyl sites for hydroxylation is 1. The molecule has 1 amide bonds. The quantitative estimate of drug-likeness (QED) is 0.300. The van der Waals surface area contributed by atoms with Crippen molar-refractivity contribution in [3.05, 3.63) is 84.9 Å². The monoisotopic (exact) mass is 437 g/mol. The van der Waals surface area contributed by atoms with Gasteiger partial charge in [-0.3, -0.25) is 4.79 Å². The lowest BCUT2D eigenvalue weighted by atomic mass is 9.88. The van der Waals surface area contributed by atoms with E-state index >= 15 is 0 Å². The Hall–Kier alpha value is -3.59. The molecule has 0 spiro atoms. The van der Waals surface area contributed by atoms with Crippen molar-refractivity contribution in [1.29, 1.82) is 0 Å². The van der Waals surface area contributed by atoms with Crippen molar-refractivity contribution in [3.63, 3.8) is 0 Å². The number of rotatable bonds is 7. The number of ether oxygens (including phenoxy) is 1. The van der Waals surface area contributed by atoms with Gasteiger partial charge in [-0.05, 0) is 58.5 Å². The fourth-order valence-electron chi connectivity index (χ4n) is 4.76. The average Bonchev–Trinajstić information content (AvgIpc) is 2.84. The van der Waals surface area contributed by atoms with Crippen molar-refractivity contribution in [2.45, 2.75) is 27.2 Å². The highest BCUT2D eigenvalue weighted by Crippen LogP contribution is 2.46. The highest BCUT2D eigenvalue weighted by atomic mass is 16.5. The Morgan fingerprint density at radius 1 is 1.00 bits per heavy atom. The van der Waals surface area contributed by atoms with Crippen LogP contribution in [-0.4, -0.2) is 13.0 Å². The molecule has 0 aliphatic heterocycles. The number of hydrogen-bond donors (Lipinski definition) is 1. The van der Waals surface area contributed by atoms with Crippen LogP contribution in [-0.2, 0) is 4.79 Å². The molecule has 4 aromatic carbocycles. The molecule has 1 N–H and O–H groups in total. The van der Waals surface area contributed by atoms with E-state index in [1.807, 2.05) is 50.3 Å². The van der Waals surface area contributed by atoms with Crippen LogP contribution in [0, 0.1) is 18.8 Å². The van der Waals surface area contributed by atoms with Crippen molar-refractivity contribution < 1.29 is 9.53 Å². The van der Waals surface area contributed by atoms with Crippen molar-refractivity contribution in [1.82, 2.24) is 0 Å². The molecule has 0 bridgehead atoms. The van der Waals surface area contributed by atoms with Gasteiger partial charge in [-0.25, -0.2) is 0 Å². The molecule has 3 nitrogen and oxygen atoms in total. The normalized spacial score (nSPS) is 13.0. The molecule has 2 atom stereocenters. The van der Waals surface area contributed by atoms with Gasteiger partial charge in [-0.2, -0.15) is 0 Å². The number of hydrogen-bond acceptors (Lipinski definition) is 2. The van der Waals surface area contributed by atoms with Gasteiger partial charge in [0, 0.05) is 17.0 Å². The zero-order chi connectivity index (χ0) is 23.5. The predicted octanol–water partition coefficient (Wildman–Crippen LogP) is 7.76. The molecule has 0 fully saturated rings. The second-order valence-electron chi connectivity index (χ2n) is 8.63. The fraction of sp³-hybridized carbons (Fsp3) is 0.233. The van der Waals surface area contributed by atoms with Gasteiger partial charge >= 0.3 is 0 Å². The lowest BCUT2D eigenvalue weighted by Gasteiger charge is -2.24. The van der Waals surface area contributed by atoms with Gasteiger partial charge < -0.3 is 10.1 Å². The molecule has 0 aliphatic carbocycles. The number of allylic oxidation sites excluding steroid dienone is 1. The summed E-state index contributed by atoms with van der Waals surface area (Å²) in [6.07, 6.45) is 2.61. The number of carbonyl (C=O) groups is 1. The van der Waals surface area contributed by atoms with Crippen LogP contribution < -0.4 is 10.1 Å². The zero-order valence-corrected chi connectivity index (χ0v) is 19.8. The minimum Gasteiger partial charge on any atom is -0.496 e. The van der Waals surface area contributed by atoms with Gasteiger partial charge in [0.1, 0.15) is 5.75 Å². The Balaban J connectivity index is 2.04. The summed E-state index contributed by atoms with van der Waals surface area (Å²) in [5.74, 6) is 0.747. The molecule has 0 radical (unpaired) electrons. The molecule has 168 valence electrons. The lowest BCUT2D eigenvalue weighted by molar-refractivity contribution is -0.120. The molecule has 0 heterocycles. The van der Waals surface area contributed by atoms with Crippen LogP contribution in [0.15, 0.2) is 79.4 Å². The molecule has 0 saturated carbocycles. The first-order chi connectivity index (χ1) is 16.0. The molecule has 33 heavy (non-hydrogen) atoms. The third kappa shape index (κ3) is 4.11. The molecular formula is C30H31NO2. The van der Waals surface area contributed by atoms with Gasteiger partial charge in [0.15, 0.2) is 0 Å². The van der Waals surface area contributed by atoms with Crippen molar-refractivity contribution in [2.24, 2.45) is 11.8 Å². The Morgan fingerprint density at radius 3 is 2.27 bits per heavy atom. The van der Waals surface area contributed by atoms with E-state index in [0.717, 1.165) is 56.1 Å². The Morgan fingerprint density at radius 2 is 1.64 bits per heavy atom. The summed E-state index contributed by atoms with van der Waals surface area (Å²) >= 11 is 0. The molecule has 4 aromatic rings. The highest BCUT2D eigenvalue weighted by molar-refractivity contribution is 6.14. The molecule has 0 saturated heterocycles. The van der Waals surface area contributed by atoms with E-state index in [1.165, 1.54) is 0 Å². The smallest absolute Gasteiger partial charge is 0.228 e. The first-order valence-electron chi connectivity index (χ1n) is 11.5. The molecular weight excluding hydrogens is 406 g/mol.